The number of ether oxygens (including phenoxy) is 1. The summed E-state index contributed by atoms with van der Waals surface area (Å²) < 4.78 is 6.42. The Bertz CT molecular complexity index is 976. The monoisotopic (exact) mass is 358 g/mol. The first-order chi connectivity index (χ1) is 12.0. The summed E-state index contributed by atoms with van der Waals surface area (Å²) in [7, 11) is 2.97. The Morgan fingerprint density at radius 1 is 1.28 bits per heavy atom. The molecule has 2 N–H and O–H groups in total. The number of aromatic amines is 1. The molecule has 0 aliphatic heterocycles. The number of methoxy groups -OCH3 is 1. The third-order valence-corrected chi connectivity index (χ3v) is 3.87. The van der Waals surface area contributed by atoms with Crippen LogP contribution in [0, 0.1) is 0 Å². The van der Waals surface area contributed by atoms with Crippen molar-refractivity contribution in [3.8, 4) is 17.0 Å². The van der Waals surface area contributed by atoms with E-state index in [9.17, 15) is 9.59 Å². The second-order valence-electron chi connectivity index (χ2n) is 5.33. The molecule has 0 unspecified atom stereocenters. The van der Waals surface area contributed by atoms with Gasteiger partial charge in [0.2, 0.25) is 0 Å². The molecule has 0 aliphatic carbocycles. The smallest absolute Gasteiger partial charge is 0.262 e. The highest BCUT2D eigenvalue weighted by atomic mass is 35.5. The van der Waals surface area contributed by atoms with Crippen molar-refractivity contribution < 1.29 is 9.53 Å². The predicted molar refractivity (Wildman–Crippen MR) is 95.2 cm³/mol. The van der Waals surface area contributed by atoms with E-state index in [0.717, 1.165) is 5.56 Å². The van der Waals surface area contributed by atoms with Gasteiger partial charge in [0, 0.05) is 36.0 Å². The van der Waals surface area contributed by atoms with E-state index >= 15 is 0 Å². The van der Waals surface area contributed by atoms with Crippen molar-refractivity contribution in [3.63, 3.8) is 0 Å². The fraction of sp³-hybridized carbons (Fsp3) is 0.118. The van der Waals surface area contributed by atoms with Gasteiger partial charge >= 0.3 is 0 Å². The average molecular weight is 359 g/mol. The van der Waals surface area contributed by atoms with Gasteiger partial charge in [-0.15, -0.1) is 0 Å². The van der Waals surface area contributed by atoms with Gasteiger partial charge in [0.1, 0.15) is 11.6 Å². The lowest BCUT2D eigenvalue weighted by molar-refractivity contribution is 0.102. The quantitative estimate of drug-likeness (QED) is 0.750. The number of H-pyrrole nitrogens is 1. The first kappa shape index (κ1) is 16.8. The molecule has 0 atom stereocenters. The summed E-state index contributed by atoms with van der Waals surface area (Å²) in [5, 5.41) is 10.3. The van der Waals surface area contributed by atoms with Gasteiger partial charge in [0.25, 0.3) is 11.5 Å². The van der Waals surface area contributed by atoms with Gasteiger partial charge < -0.3 is 14.6 Å². The number of pyridine rings is 1. The number of carbonyl (C=O) groups excluding carboxylic acids is 1. The van der Waals surface area contributed by atoms with E-state index < -0.39 is 5.91 Å². The van der Waals surface area contributed by atoms with Crippen LogP contribution in [-0.2, 0) is 7.05 Å². The highest BCUT2D eigenvalue weighted by Crippen LogP contribution is 2.22. The Hall–Kier alpha value is -3.06. The standard InChI is InChI=1S/C17H15ClN4O3/c1-22-9-12(14(25-2)8-16(22)23)17(24)19-15-7-13(20-21-15)10-3-5-11(18)6-4-10/h3-9H,1-2H3,(H2,19,20,21,24). The molecule has 0 spiro atoms. The Balaban J connectivity index is 1.84. The van der Waals surface area contributed by atoms with Crippen LogP contribution >= 0.6 is 11.6 Å². The summed E-state index contributed by atoms with van der Waals surface area (Å²) >= 11 is 5.87. The molecule has 0 aliphatic rings. The number of anilines is 1. The molecule has 1 aromatic carbocycles. The van der Waals surface area contributed by atoms with Crippen molar-refractivity contribution in [1.82, 2.24) is 14.8 Å². The molecule has 7 nitrogen and oxygen atoms in total. The summed E-state index contributed by atoms with van der Waals surface area (Å²) in [5.74, 6) is 0.211. The summed E-state index contributed by atoms with van der Waals surface area (Å²) in [5.41, 5.74) is 1.51. The molecule has 0 bridgehead atoms. The Morgan fingerprint density at radius 2 is 2.00 bits per heavy atom. The number of carbonyl (C=O) groups is 1. The SMILES string of the molecule is COc1cc(=O)n(C)cc1C(=O)Nc1cc(-c2ccc(Cl)cc2)n[nH]1. The fourth-order valence-corrected chi connectivity index (χ4v) is 2.42. The molecule has 0 radical (unpaired) electrons. The average Bonchev–Trinajstić information content (AvgIpc) is 3.05. The summed E-state index contributed by atoms with van der Waals surface area (Å²) in [6.45, 7) is 0. The molecule has 2 aromatic heterocycles. The predicted octanol–water partition coefficient (Wildman–Crippen LogP) is 2.69. The zero-order chi connectivity index (χ0) is 18.0. The van der Waals surface area contributed by atoms with E-state index in [1.54, 1.807) is 25.2 Å². The van der Waals surface area contributed by atoms with Crippen molar-refractivity contribution in [2.24, 2.45) is 7.05 Å². The number of nitrogens with one attached hydrogen (secondary N) is 2. The van der Waals surface area contributed by atoms with Crippen LogP contribution in [0.4, 0.5) is 5.82 Å². The van der Waals surface area contributed by atoms with Crippen LogP contribution in [0.5, 0.6) is 5.75 Å². The zero-order valence-corrected chi connectivity index (χ0v) is 14.3. The largest absolute Gasteiger partial charge is 0.496 e. The van der Waals surface area contributed by atoms with Gasteiger partial charge in [-0.25, -0.2) is 0 Å². The third kappa shape index (κ3) is 3.56. The lowest BCUT2D eigenvalue weighted by Gasteiger charge is -2.09. The molecule has 25 heavy (non-hydrogen) atoms. The molecule has 1 amide bonds. The zero-order valence-electron chi connectivity index (χ0n) is 13.5. The van der Waals surface area contributed by atoms with Gasteiger partial charge in [-0.05, 0) is 12.1 Å². The Morgan fingerprint density at radius 3 is 2.68 bits per heavy atom. The molecule has 0 fully saturated rings. The number of rotatable bonds is 4. The van der Waals surface area contributed by atoms with Crippen molar-refractivity contribution in [3.05, 3.63) is 63.5 Å². The molecule has 0 saturated heterocycles. The summed E-state index contributed by atoms with van der Waals surface area (Å²) in [6, 6.07) is 10.2. The van der Waals surface area contributed by atoms with Crippen LogP contribution < -0.4 is 15.6 Å². The van der Waals surface area contributed by atoms with Gasteiger partial charge in [0.05, 0.1) is 18.4 Å². The number of halogens is 1. The van der Waals surface area contributed by atoms with E-state index in [-0.39, 0.29) is 16.9 Å². The van der Waals surface area contributed by atoms with Crippen molar-refractivity contribution in [2.75, 3.05) is 12.4 Å². The number of hydrogen-bond acceptors (Lipinski definition) is 4. The molecular formula is C17H15ClN4O3. The first-order valence-corrected chi connectivity index (χ1v) is 7.73. The van der Waals surface area contributed by atoms with E-state index in [0.29, 0.717) is 16.5 Å². The summed E-state index contributed by atoms with van der Waals surface area (Å²) in [4.78, 5) is 24.1. The molecule has 128 valence electrons. The number of aromatic nitrogens is 3. The molecule has 3 aromatic rings. The van der Waals surface area contributed by atoms with Crippen molar-refractivity contribution in [2.45, 2.75) is 0 Å². The number of hydrogen-bond donors (Lipinski definition) is 2. The number of benzene rings is 1. The van der Waals surface area contributed by atoms with Crippen LogP contribution in [0.3, 0.4) is 0 Å². The maximum atomic E-state index is 12.5. The molecular weight excluding hydrogens is 344 g/mol. The number of aryl methyl sites for hydroxylation is 1. The molecule has 2 heterocycles. The first-order valence-electron chi connectivity index (χ1n) is 7.35. The number of nitrogens with zero attached hydrogens (tertiary/aromatic N) is 2. The maximum Gasteiger partial charge on any atom is 0.262 e. The van der Waals surface area contributed by atoms with Crippen molar-refractivity contribution in [1.29, 1.82) is 0 Å². The van der Waals surface area contributed by atoms with Gasteiger partial charge in [-0.2, -0.15) is 5.10 Å². The van der Waals surface area contributed by atoms with E-state index in [1.807, 2.05) is 12.1 Å². The maximum absolute atomic E-state index is 12.5. The minimum absolute atomic E-state index is 0.207. The lowest BCUT2D eigenvalue weighted by Crippen LogP contribution is -2.21. The van der Waals surface area contributed by atoms with Crippen LogP contribution in [0.15, 0.2) is 47.4 Å². The Kier molecular flexibility index (Phi) is 4.58. The second kappa shape index (κ2) is 6.82. The minimum atomic E-state index is -0.418. The lowest BCUT2D eigenvalue weighted by atomic mass is 10.1. The normalized spacial score (nSPS) is 10.5. The van der Waals surface area contributed by atoms with Crippen LogP contribution in [-0.4, -0.2) is 27.8 Å². The minimum Gasteiger partial charge on any atom is -0.496 e. The Labute approximate surface area is 148 Å². The highest BCUT2D eigenvalue weighted by Gasteiger charge is 2.15. The second-order valence-corrected chi connectivity index (χ2v) is 5.77. The topological polar surface area (TPSA) is 89.0 Å². The van der Waals surface area contributed by atoms with Gasteiger partial charge in [0.15, 0.2) is 0 Å². The van der Waals surface area contributed by atoms with Crippen molar-refractivity contribution >= 4 is 23.3 Å². The van der Waals surface area contributed by atoms with E-state index in [4.69, 9.17) is 16.3 Å². The highest BCUT2D eigenvalue weighted by molar-refractivity contribution is 6.30. The van der Waals surface area contributed by atoms with Gasteiger partial charge in [-0.3, -0.25) is 14.7 Å². The summed E-state index contributed by atoms with van der Waals surface area (Å²) in [6.07, 6.45) is 1.42. The van der Waals surface area contributed by atoms with E-state index in [2.05, 4.69) is 15.5 Å². The molecule has 3 rings (SSSR count). The van der Waals surface area contributed by atoms with E-state index in [1.165, 1.54) is 23.9 Å². The van der Waals surface area contributed by atoms with Crippen LogP contribution in [0.2, 0.25) is 5.02 Å². The van der Waals surface area contributed by atoms with Crippen LogP contribution in [0.1, 0.15) is 10.4 Å². The molecule has 0 saturated carbocycles. The molecule has 8 heteroatoms. The third-order valence-electron chi connectivity index (χ3n) is 3.62. The van der Waals surface area contributed by atoms with Gasteiger partial charge in [-0.1, -0.05) is 23.7 Å². The van der Waals surface area contributed by atoms with Crippen LogP contribution in [0.25, 0.3) is 11.3 Å². The number of amides is 1. The fourth-order valence-electron chi connectivity index (χ4n) is 2.30.